The molecule has 0 radical (unpaired) electrons. The molecule has 2 aromatic rings. The highest BCUT2D eigenvalue weighted by Crippen LogP contribution is 2.20. The summed E-state index contributed by atoms with van der Waals surface area (Å²) in [7, 11) is 0. The molecule has 0 spiro atoms. The Morgan fingerprint density at radius 3 is 2.65 bits per heavy atom. The first-order valence-corrected chi connectivity index (χ1v) is 6.84. The molecule has 0 atom stereocenters. The van der Waals surface area contributed by atoms with Gasteiger partial charge in [0.25, 0.3) is 5.91 Å². The van der Waals surface area contributed by atoms with E-state index < -0.39 is 12.8 Å². The van der Waals surface area contributed by atoms with E-state index in [9.17, 15) is 18.0 Å². The maximum Gasteiger partial charge on any atom is 0.422 e. The lowest BCUT2D eigenvalue weighted by Crippen LogP contribution is -2.25. The summed E-state index contributed by atoms with van der Waals surface area (Å²) in [6, 6.07) is 10.2. The number of benzene rings is 1. The van der Waals surface area contributed by atoms with Crippen LogP contribution >= 0.6 is 0 Å². The van der Waals surface area contributed by atoms with Crippen LogP contribution in [0.25, 0.3) is 0 Å². The van der Waals surface area contributed by atoms with Crippen LogP contribution in [0.5, 0.6) is 5.88 Å². The summed E-state index contributed by atoms with van der Waals surface area (Å²) >= 11 is 0. The Bertz CT molecular complexity index is 687. The number of ether oxygens (including phenoxy) is 1. The van der Waals surface area contributed by atoms with Crippen LogP contribution in [-0.2, 0) is 6.54 Å². The standard InChI is InChI=1S/C16H15F3N2O2/c1-11-5-2-3-7-13(11)14(22)21-9-12-6-4-8-20-15(12)23-10-16(17,18)19/h2-8H,9-10H2,1H3,(H,21,22). The molecule has 23 heavy (non-hydrogen) atoms. The van der Waals surface area contributed by atoms with Crippen molar-refractivity contribution in [3.8, 4) is 5.88 Å². The van der Waals surface area contributed by atoms with Crippen LogP contribution in [0, 0.1) is 6.92 Å². The van der Waals surface area contributed by atoms with E-state index in [2.05, 4.69) is 15.0 Å². The SMILES string of the molecule is Cc1ccccc1C(=O)NCc1cccnc1OCC(F)(F)F. The number of alkyl halides is 3. The van der Waals surface area contributed by atoms with Gasteiger partial charge in [-0.25, -0.2) is 4.98 Å². The zero-order valence-corrected chi connectivity index (χ0v) is 12.4. The maximum absolute atomic E-state index is 12.2. The lowest BCUT2D eigenvalue weighted by Gasteiger charge is -2.13. The molecule has 0 aliphatic rings. The molecule has 0 saturated carbocycles. The van der Waals surface area contributed by atoms with Gasteiger partial charge in [-0.3, -0.25) is 4.79 Å². The Morgan fingerprint density at radius 1 is 1.22 bits per heavy atom. The first-order valence-electron chi connectivity index (χ1n) is 6.84. The number of nitrogens with one attached hydrogen (secondary N) is 1. The second-order valence-electron chi connectivity index (χ2n) is 4.87. The Labute approximate surface area is 131 Å². The highest BCUT2D eigenvalue weighted by molar-refractivity contribution is 5.95. The largest absolute Gasteiger partial charge is 0.468 e. The number of hydrogen-bond acceptors (Lipinski definition) is 3. The summed E-state index contributed by atoms with van der Waals surface area (Å²) in [6.07, 6.45) is -3.11. The lowest BCUT2D eigenvalue weighted by molar-refractivity contribution is -0.154. The van der Waals surface area contributed by atoms with Crippen LogP contribution in [0.3, 0.4) is 0 Å². The predicted octanol–water partition coefficient (Wildman–Crippen LogP) is 3.26. The van der Waals surface area contributed by atoms with Crippen LogP contribution in [0.1, 0.15) is 21.5 Å². The number of pyridine rings is 1. The van der Waals surface area contributed by atoms with E-state index in [4.69, 9.17) is 0 Å². The van der Waals surface area contributed by atoms with Gasteiger partial charge in [-0.15, -0.1) is 0 Å². The van der Waals surface area contributed by atoms with Crippen molar-refractivity contribution in [2.45, 2.75) is 19.6 Å². The molecule has 1 aromatic carbocycles. The summed E-state index contributed by atoms with van der Waals surface area (Å²) in [5.41, 5.74) is 1.69. The average molecular weight is 324 g/mol. The van der Waals surface area contributed by atoms with Crippen molar-refractivity contribution >= 4 is 5.91 Å². The highest BCUT2D eigenvalue weighted by Gasteiger charge is 2.29. The first-order chi connectivity index (χ1) is 10.9. The van der Waals surface area contributed by atoms with Gasteiger partial charge in [-0.1, -0.05) is 24.3 Å². The minimum absolute atomic E-state index is 0.0220. The van der Waals surface area contributed by atoms with Gasteiger partial charge in [-0.2, -0.15) is 13.2 Å². The third-order valence-electron chi connectivity index (χ3n) is 3.05. The number of carbonyl (C=O) groups excluding carboxylic acids is 1. The molecular weight excluding hydrogens is 309 g/mol. The van der Waals surface area contributed by atoms with Crippen LogP contribution in [0.4, 0.5) is 13.2 Å². The molecule has 0 unspecified atom stereocenters. The number of aryl methyl sites for hydroxylation is 1. The Balaban J connectivity index is 2.03. The average Bonchev–Trinajstić information content (AvgIpc) is 2.51. The van der Waals surface area contributed by atoms with Crippen LogP contribution < -0.4 is 10.1 Å². The van der Waals surface area contributed by atoms with Gasteiger partial charge in [0.1, 0.15) is 0 Å². The van der Waals surface area contributed by atoms with Crippen molar-refractivity contribution in [3.05, 3.63) is 59.3 Å². The summed E-state index contributed by atoms with van der Waals surface area (Å²) in [4.78, 5) is 15.9. The summed E-state index contributed by atoms with van der Waals surface area (Å²) in [5, 5.41) is 2.65. The van der Waals surface area contributed by atoms with Crippen LogP contribution in [0.15, 0.2) is 42.6 Å². The van der Waals surface area contributed by atoms with E-state index in [1.165, 1.54) is 6.20 Å². The third kappa shape index (κ3) is 4.98. The molecule has 0 saturated heterocycles. The molecule has 1 heterocycles. The molecule has 4 nitrogen and oxygen atoms in total. The first kappa shape index (κ1) is 16.8. The fraction of sp³-hybridized carbons (Fsp3) is 0.250. The monoisotopic (exact) mass is 324 g/mol. The van der Waals surface area contributed by atoms with Gasteiger partial charge in [0.2, 0.25) is 5.88 Å². The predicted molar refractivity (Wildman–Crippen MR) is 78.1 cm³/mol. The number of rotatable bonds is 5. The van der Waals surface area contributed by atoms with Crippen molar-refractivity contribution in [1.82, 2.24) is 10.3 Å². The fourth-order valence-electron chi connectivity index (χ4n) is 1.94. The second-order valence-corrected chi connectivity index (χ2v) is 4.87. The van der Waals surface area contributed by atoms with Crippen molar-refractivity contribution in [2.75, 3.05) is 6.61 Å². The molecule has 122 valence electrons. The van der Waals surface area contributed by atoms with Gasteiger partial charge in [0.05, 0.1) is 0 Å². The number of halogens is 3. The van der Waals surface area contributed by atoms with Crippen molar-refractivity contribution in [1.29, 1.82) is 0 Å². The van der Waals surface area contributed by atoms with E-state index >= 15 is 0 Å². The molecule has 0 aliphatic carbocycles. The number of nitrogens with zero attached hydrogens (tertiary/aromatic N) is 1. The summed E-state index contributed by atoms with van der Waals surface area (Å²) in [6.45, 7) is 0.397. The summed E-state index contributed by atoms with van der Waals surface area (Å²) < 4.78 is 41.4. The van der Waals surface area contributed by atoms with Crippen molar-refractivity contribution in [3.63, 3.8) is 0 Å². The van der Waals surface area contributed by atoms with Crippen LogP contribution in [0.2, 0.25) is 0 Å². The maximum atomic E-state index is 12.2. The molecule has 7 heteroatoms. The minimum Gasteiger partial charge on any atom is -0.468 e. The zero-order chi connectivity index (χ0) is 16.9. The summed E-state index contributed by atoms with van der Waals surface area (Å²) in [5.74, 6) is -0.455. The molecule has 0 fully saturated rings. The van der Waals surface area contributed by atoms with E-state index in [-0.39, 0.29) is 18.3 Å². The smallest absolute Gasteiger partial charge is 0.422 e. The van der Waals surface area contributed by atoms with Gasteiger partial charge in [0.15, 0.2) is 6.61 Å². The number of aromatic nitrogens is 1. The van der Waals surface area contributed by atoms with E-state index in [0.717, 1.165) is 5.56 Å². The third-order valence-corrected chi connectivity index (χ3v) is 3.05. The number of hydrogen-bond donors (Lipinski definition) is 1. The van der Waals surface area contributed by atoms with Gasteiger partial charge in [-0.05, 0) is 24.6 Å². The van der Waals surface area contributed by atoms with E-state index in [1.807, 2.05) is 6.07 Å². The molecule has 1 N–H and O–H groups in total. The van der Waals surface area contributed by atoms with E-state index in [1.54, 1.807) is 37.3 Å². The fourth-order valence-corrected chi connectivity index (χ4v) is 1.94. The van der Waals surface area contributed by atoms with E-state index in [0.29, 0.717) is 11.1 Å². The van der Waals surface area contributed by atoms with Crippen LogP contribution in [-0.4, -0.2) is 23.7 Å². The molecule has 0 aliphatic heterocycles. The zero-order valence-electron chi connectivity index (χ0n) is 12.4. The molecular formula is C16H15F3N2O2. The lowest BCUT2D eigenvalue weighted by atomic mass is 10.1. The Morgan fingerprint density at radius 2 is 1.96 bits per heavy atom. The van der Waals surface area contributed by atoms with Gasteiger partial charge in [0, 0.05) is 23.9 Å². The molecule has 1 aromatic heterocycles. The topological polar surface area (TPSA) is 51.2 Å². The van der Waals surface area contributed by atoms with Crippen molar-refractivity contribution < 1.29 is 22.7 Å². The minimum atomic E-state index is -4.45. The second kappa shape index (κ2) is 7.13. The van der Waals surface area contributed by atoms with Gasteiger partial charge < -0.3 is 10.1 Å². The molecule has 1 amide bonds. The number of amides is 1. The van der Waals surface area contributed by atoms with Gasteiger partial charge >= 0.3 is 6.18 Å². The number of carbonyl (C=O) groups is 1. The molecule has 0 bridgehead atoms. The highest BCUT2D eigenvalue weighted by atomic mass is 19.4. The van der Waals surface area contributed by atoms with Crippen molar-refractivity contribution in [2.24, 2.45) is 0 Å². The Kier molecular flexibility index (Phi) is 5.20. The quantitative estimate of drug-likeness (QED) is 0.918. The normalized spacial score (nSPS) is 11.1. The molecule has 2 rings (SSSR count). The Hall–Kier alpha value is -2.57.